The number of hydrogen-bond donors (Lipinski definition) is 0. The predicted molar refractivity (Wildman–Crippen MR) is 62.2 cm³/mol. The summed E-state index contributed by atoms with van der Waals surface area (Å²) in [5.74, 6) is -2.16. The molecular formula is C10H17NO6S. The molecule has 0 N–H and O–H groups in total. The molecule has 0 amide bonds. The van der Waals surface area contributed by atoms with Crippen molar-refractivity contribution in [3.8, 4) is 0 Å². The Kier molecular flexibility index (Phi) is 5.09. The van der Waals surface area contributed by atoms with E-state index in [0.29, 0.717) is 12.8 Å². The molecule has 0 aromatic rings. The van der Waals surface area contributed by atoms with Crippen LogP contribution in [-0.4, -0.2) is 56.7 Å². The maximum atomic E-state index is 11.9. The summed E-state index contributed by atoms with van der Waals surface area (Å²) in [6.07, 6.45) is 0.989. The number of carbonyl (C=O) groups excluding carboxylic acids is 2. The van der Waals surface area contributed by atoms with Gasteiger partial charge in [-0.15, -0.1) is 0 Å². The molecule has 0 aromatic heterocycles. The fraction of sp³-hybridized carbons (Fsp3) is 0.800. The van der Waals surface area contributed by atoms with E-state index in [0.717, 1.165) is 11.4 Å². The van der Waals surface area contributed by atoms with E-state index in [4.69, 9.17) is 4.74 Å². The van der Waals surface area contributed by atoms with E-state index in [1.807, 2.05) is 0 Å². The monoisotopic (exact) mass is 279 g/mol. The molecule has 0 aromatic carbocycles. The summed E-state index contributed by atoms with van der Waals surface area (Å²) >= 11 is 0. The van der Waals surface area contributed by atoms with Gasteiger partial charge in [-0.1, -0.05) is 0 Å². The van der Waals surface area contributed by atoms with Crippen molar-refractivity contribution < 1.29 is 27.5 Å². The highest BCUT2D eigenvalue weighted by Gasteiger charge is 2.40. The first kappa shape index (κ1) is 14.9. The van der Waals surface area contributed by atoms with Crippen molar-refractivity contribution >= 4 is 22.0 Å². The summed E-state index contributed by atoms with van der Waals surface area (Å²) in [6, 6.07) is -0.820. The first-order chi connectivity index (χ1) is 8.42. The van der Waals surface area contributed by atoms with Crippen molar-refractivity contribution in [1.29, 1.82) is 0 Å². The molecule has 1 aliphatic rings. The SMILES string of the molecule is CCOC(=O)C1CCCN1S(=O)(=O)CC(=O)OC. The second kappa shape index (κ2) is 6.14. The normalized spacial score (nSPS) is 20.7. The fourth-order valence-corrected chi connectivity index (χ4v) is 3.41. The molecule has 18 heavy (non-hydrogen) atoms. The van der Waals surface area contributed by atoms with Gasteiger partial charge in [0, 0.05) is 6.54 Å². The number of ether oxygens (including phenoxy) is 2. The molecule has 104 valence electrons. The van der Waals surface area contributed by atoms with Gasteiger partial charge in [0.25, 0.3) is 0 Å². The van der Waals surface area contributed by atoms with Crippen LogP contribution in [0.5, 0.6) is 0 Å². The third-order valence-corrected chi connectivity index (χ3v) is 4.40. The van der Waals surface area contributed by atoms with Crippen LogP contribution in [0.4, 0.5) is 0 Å². The maximum Gasteiger partial charge on any atom is 0.324 e. The number of carbonyl (C=O) groups is 2. The van der Waals surface area contributed by atoms with Crippen molar-refractivity contribution in [1.82, 2.24) is 4.31 Å². The number of hydrogen-bond acceptors (Lipinski definition) is 6. The van der Waals surface area contributed by atoms with Gasteiger partial charge < -0.3 is 9.47 Å². The van der Waals surface area contributed by atoms with Gasteiger partial charge in [0.05, 0.1) is 13.7 Å². The molecule has 1 heterocycles. The second-order valence-electron chi connectivity index (χ2n) is 3.85. The lowest BCUT2D eigenvalue weighted by Gasteiger charge is -2.21. The van der Waals surface area contributed by atoms with E-state index in [1.54, 1.807) is 6.92 Å². The van der Waals surface area contributed by atoms with Crippen molar-refractivity contribution in [2.75, 3.05) is 26.0 Å². The van der Waals surface area contributed by atoms with Crippen LogP contribution < -0.4 is 0 Å². The van der Waals surface area contributed by atoms with Crippen LogP contribution in [0.2, 0.25) is 0 Å². The van der Waals surface area contributed by atoms with Gasteiger partial charge in [0.1, 0.15) is 6.04 Å². The quantitative estimate of drug-likeness (QED) is 0.631. The molecule has 1 aliphatic heterocycles. The Hall–Kier alpha value is -1.15. The van der Waals surface area contributed by atoms with E-state index in [-0.39, 0.29) is 13.2 Å². The number of methoxy groups -OCH3 is 1. The van der Waals surface area contributed by atoms with Gasteiger partial charge in [-0.3, -0.25) is 9.59 Å². The lowest BCUT2D eigenvalue weighted by atomic mass is 10.2. The van der Waals surface area contributed by atoms with Gasteiger partial charge in [-0.25, -0.2) is 8.42 Å². The zero-order valence-corrected chi connectivity index (χ0v) is 11.2. The van der Waals surface area contributed by atoms with Crippen LogP contribution in [0.1, 0.15) is 19.8 Å². The number of rotatable bonds is 5. The fourth-order valence-electron chi connectivity index (χ4n) is 1.84. The van der Waals surface area contributed by atoms with Gasteiger partial charge >= 0.3 is 11.9 Å². The third kappa shape index (κ3) is 3.42. The summed E-state index contributed by atoms with van der Waals surface area (Å²) < 4.78 is 34.1. The van der Waals surface area contributed by atoms with Gasteiger partial charge in [-0.05, 0) is 19.8 Å². The zero-order chi connectivity index (χ0) is 13.8. The van der Waals surface area contributed by atoms with Gasteiger partial charge in [-0.2, -0.15) is 4.31 Å². The van der Waals surface area contributed by atoms with Crippen LogP contribution in [0.25, 0.3) is 0 Å². The lowest BCUT2D eigenvalue weighted by molar-refractivity contribution is -0.147. The molecule has 1 atom stereocenters. The minimum Gasteiger partial charge on any atom is -0.468 e. The Morgan fingerprint density at radius 3 is 2.61 bits per heavy atom. The molecule has 0 spiro atoms. The smallest absolute Gasteiger partial charge is 0.324 e. The Balaban J connectivity index is 2.80. The van der Waals surface area contributed by atoms with Crippen molar-refractivity contribution in [3.63, 3.8) is 0 Å². The van der Waals surface area contributed by atoms with E-state index >= 15 is 0 Å². The summed E-state index contributed by atoms with van der Waals surface area (Å²) in [4.78, 5) is 22.7. The molecule has 0 radical (unpaired) electrons. The Morgan fingerprint density at radius 2 is 2.06 bits per heavy atom. The highest BCUT2D eigenvalue weighted by atomic mass is 32.2. The molecule has 0 aliphatic carbocycles. The molecule has 1 unspecified atom stereocenters. The number of esters is 2. The summed E-state index contributed by atoms with van der Waals surface area (Å²) in [6.45, 7) is 2.07. The van der Waals surface area contributed by atoms with Crippen molar-refractivity contribution in [2.24, 2.45) is 0 Å². The topological polar surface area (TPSA) is 90.0 Å². The summed E-state index contributed by atoms with van der Waals surface area (Å²) in [7, 11) is -2.71. The average Bonchev–Trinajstić information content (AvgIpc) is 2.78. The maximum absolute atomic E-state index is 11.9. The van der Waals surface area contributed by atoms with Gasteiger partial charge in [0.15, 0.2) is 5.75 Å². The van der Waals surface area contributed by atoms with Crippen LogP contribution >= 0.6 is 0 Å². The Morgan fingerprint density at radius 1 is 1.39 bits per heavy atom. The van der Waals surface area contributed by atoms with E-state index in [2.05, 4.69) is 4.74 Å². The lowest BCUT2D eigenvalue weighted by Crippen LogP contribution is -2.43. The third-order valence-electron chi connectivity index (χ3n) is 2.65. The first-order valence-corrected chi connectivity index (χ1v) is 7.26. The average molecular weight is 279 g/mol. The highest BCUT2D eigenvalue weighted by Crippen LogP contribution is 2.22. The summed E-state index contributed by atoms with van der Waals surface area (Å²) in [5.41, 5.74) is 0. The largest absolute Gasteiger partial charge is 0.468 e. The molecule has 0 saturated carbocycles. The molecule has 1 rings (SSSR count). The molecule has 7 nitrogen and oxygen atoms in total. The number of sulfonamides is 1. The molecule has 8 heteroatoms. The van der Waals surface area contributed by atoms with Crippen molar-refractivity contribution in [2.45, 2.75) is 25.8 Å². The highest BCUT2D eigenvalue weighted by molar-refractivity contribution is 7.89. The second-order valence-corrected chi connectivity index (χ2v) is 5.77. The molecular weight excluding hydrogens is 262 g/mol. The minimum atomic E-state index is -3.83. The first-order valence-electron chi connectivity index (χ1n) is 5.65. The van der Waals surface area contributed by atoms with Crippen molar-refractivity contribution in [3.05, 3.63) is 0 Å². The predicted octanol–water partition coefficient (Wildman–Crippen LogP) is -0.483. The standard InChI is InChI=1S/C10H17NO6S/c1-3-17-10(13)8-5-4-6-11(8)18(14,15)7-9(12)16-2/h8H,3-7H2,1-2H3. The summed E-state index contributed by atoms with van der Waals surface area (Å²) in [5, 5.41) is 0. The Bertz CT molecular complexity index is 418. The van der Waals surface area contributed by atoms with E-state index < -0.39 is 33.8 Å². The number of nitrogens with zero attached hydrogens (tertiary/aromatic N) is 1. The van der Waals surface area contributed by atoms with Crippen LogP contribution in [0.15, 0.2) is 0 Å². The molecule has 1 fully saturated rings. The van der Waals surface area contributed by atoms with Crippen LogP contribution in [-0.2, 0) is 29.1 Å². The Labute approximate surface area is 106 Å². The minimum absolute atomic E-state index is 0.195. The van der Waals surface area contributed by atoms with Crippen LogP contribution in [0.3, 0.4) is 0 Å². The van der Waals surface area contributed by atoms with Crippen LogP contribution in [0, 0.1) is 0 Å². The molecule has 0 bridgehead atoms. The van der Waals surface area contributed by atoms with Gasteiger partial charge in [0.2, 0.25) is 10.0 Å². The van der Waals surface area contributed by atoms with E-state index in [9.17, 15) is 18.0 Å². The zero-order valence-electron chi connectivity index (χ0n) is 10.4. The van der Waals surface area contributed by atoms with E-state index in [1.165, 1.54) is 0 Å². The molecule has 1 saturated heterocycles.